The fourth-order valence-corrected chi connectivity index (χ4v) is 3.77. The second kappa shape index (κ2) is 8.62. The summed E-state index contributed by atoms with van der Waals surface area (Å²) in [5.74, 6) is 0.609. The summed E-state index contributed by atoms with van der Waals surface area (Å²) in [7, 11) is 0. The number of pyridine rings is 1. The number of carbonyl (C=O) groups is 2. The van der Waals surface area contributed by atoms with Crippen molar-refractivity contribution >= 4 is 40.9 Å². The number of hydrogen-bond acceptors (Lipinski definition) is 3. The van der Waals surface area contributed by atoms with Gasteiger partial charge in [0, 0.05) is 36.8 Å². The third kappa shape index (κ3) is 4.74. The number of nitrogens with one attached hydrogen (secondary N) is 1. The highest BCUT2D eigenvalue weighted by molar-refractivity contribution is 6.30. The zero-order chi connectivity index (χ0) is 20.2. The maximum atomic E-state index is 12.7. The van der Waals surface area contributed by atoms with E-state index in [0.29, 0.717) is 25.2 Å². The van der Waals surface area contributed by atoms with Crippen LogP contribution >= 0.6 is 11.6 Å². The molecule has 0 spiro atoms. The molecule has 3 heterocycles. The molecule has 0 fully saturated rings. The van der Waals surface area contributed by atoms with Gasteiger partial charge in [-0.3, -0.25) is 9.59 Å². The van der Waals surface area contributed by atoms with Gasteiger partial charge in [0.15, 0.2) is 0 Å². The van der Waals surface area contributed by atoms with Gasteiger partial charge >= 0.3 is 0 Å². The van der Waals surface area contributed by atoms with Gasteiger partial charge in [0.1, 0.15) is 5.82 Å². The van der Waals surface area contributed by atoms with Gasteiger partial charge in [-0.25, -0.2) is 4.98 Å². The summed E-state index contributed by atoms with van der Waals surface area (Å²) >= 11 is 5.98. The summed E-state index contributed by atoms with van der Waals surface area (Å²) in [4.78, 5) is 30.2. The molecular formula is C23H22ClN3O2. The monoisotopic (exact) mass is 407 g/mol. The first-order valence-corrected chi connectivity index (χ1v) is 10.2. The fraction of sp³-hybridized carbons (Fsp3) is 0.261. The second-order valence-corrected chi connectivity index (χ2v) is 7.72. The number of nitrogens with zero attached hydrogens (tertiary/aromatic N) is 2. The summed E-state index contributed by atoms with van der Waals surface area (Å²) in [5, 5.41) is 3.49. The number of allylic oxidation sites excluding steroid dienone is 1. The van der Waals surface area contributed by atoms with Crippen LogP contribution in [0.4, 0.5) is 5.82 Å². The van der Waals surface area contributed by atoms with Crippen LogP contribution in [0.1, 0.15) is 36.0 Å². The summed E-state index contributed by atoms with van der Waals surface area (Å²) < 4.78 is 0. The Morgan fingerprint density at radius 2 is 2.00 bits per heavy atom. The molecule has 2 aliphatic rings. The van der Waals surface area contributed by atoms with E-state index < -0.39 is 0 Å². The van der Waals surface area contributed by atoms with Crippen molar-refractivity contribution in [3.8, 4) is 0 Å². The predicted octanol–water partition coefficient (Wildman–Crippen LogP) is 4.34. The van der Waals surface area contributed by atoms with Crippen LogP contribution in [-0.2, 0) is 16.0 Å². The molecule has 0 aliphatic carbocycles. The van der Waals surface area contributed by atoms with Crippen molar-refractivity contribution in [2.24, 2.45) is 0 Å². The van der Waals surface area contributed by atoms with Gasteiger partial charge < -0.3 is 10.2 Å². The molecule has 0 unspecified atom stereocenters. The number of aryl methyl sites for hydroxylation is 1. The topological polar surface area (TPSA) is 62.3 Å². The van der Waals surface area contributed by atoms with Crippen molar-refractivity contribution < 1.29 is 9.59 Å². The van der Waals surface area contributed by atoms with Crippen molar-refractivity contribution in [1.29, 1.82) is 0 Å². The lowest BCUT2D eigenvalue weighted by molar-refractivity contribution is -0.125. The van der Waals surface area contributed by atoms with Crippen LogP contribution < -0.4 is 5.32 Å². The zero-order valence-corrected chi connectivity index (χ0v) is 16.8. The van der Waals surface area contributed by atoms with Gasteiger partial charge in [-0.05, 0) is 65.8 Å². The molecule has 0 radical (unpaired) electrons. The minimum atomic E-state index is -0.00960. The predicted molar refractivity (Wildman–Crippen MR) is 115 cm³/mol. The molecule has 0 saturated heterocycles. The molecule has 0 atom stereocenters. The number of halogens is 1. The van der Waals surface area contributed by atoms with Crippen molar-refractivity contribution in [1.82, 2.24) is 9.88 Å². The Labute approximate surface area is 175 Å². The van der Waals surface area contributed by atoms with Crippen LogP contribution in [0.5, 0.6) is 0 Å². The van der Waals surface area contributed by atoms with Gasteiger partial charge in [-0.15, -0.1) is 0 Å². The van der Waals surface area contributed by atoms with E-state index in [2.05, 4.69) is 16.4 Å². The Bertz CT molecular complexity index is 996. The molecule has 6 heteroatoms. The number of anilines is 1. The van der Waals surface area contributed by atoms with E-state index in [-0.39, 0.29) is 11.8 Å². The Hall–Kier alpha value is -2.92. The summed E-state index contributed by atoms with van der Waals surface area (Å²) in [5.41, 5.74) is 4.28. The number of benzene rings is 1. The van der Waals surface area contributed by atoms with Crippen LogP contribution in [0, 0.1) is 0 Å². The molecule has 29 heavy (non-hydrogen) atoms. The first kappa shape index (κ1) is 19.4. The van der Waals surface area contributed by atoms with E-state index in [1.807, 2.05) is 35.2 Å². The molecule has 2 amide bonds. The lowest BCUT2D eigenvalue weighted by atomic mass is 10.0. The lowest BCUT2D eigenvalue weighted by Gasteiger charge is -2.17. The van der Waals surface area contributed by atoms with Crippen LogP contribution in [0.15, 0.2) is 48.7 Å². The minimum absolute atomic E-state index is 0.00402. The van der Waals surface area contributed by atoms with E-state index in [1.54, 1.807) is 18.3 Å². The molecule has 1 aromatic carbocycles. The van der Waals surface area contributed by atoms with Gasteiger partial charge in [-0.2, -0.15) is 0 Å². The van der Waals surface area contributed by atoms with Crippen LogP contribution in [0.3, 0.4) is 0 Å². The molecule has 2 aromatic rings. The second-order valence-electron chi connectivity index (χ2n) is 7.28. The largest absolute Gasteiger partial charge is 0.335 e. The molecule has 2 aliphatic heterocycles. The normalized spacial score (nSPS) is 16.8. The van der Waals surface area contributed by atoms with E-state index in [9.17, 15) is 9.59 Å². The molecule has 1 N–H and O–H groups in total. The molecule has 0 bridgehead atoms. The number of aromatic nitrogens is 1. The van der Waals surface area contributed by atoms with E-state index in [0.717, 1.165) is 41.1 Å². The highest BCUT2D eigenvalue weighted by Gasteiger charge is 2.17. The summed E-state index contributed by atoms with van der Waals surface area (Å²) in [6.45, 7) is 1.32. The van der Waals surface area contributed by atoms with Crippen LogP contribution in [0.25, 0.3) is 11.6 Å². The Morgan fingerprint density at radius 3 is 2.83 bits per heavy atom. The first-order valence-electron chi connectivity index (χ1n) is 9.79. The molecular weight excluding hydrogens is 386 g/mol. The van der Waals surface area contributed by atoms with Crippen molar-refractivity contribution in [3.63, 3.8) is 0 Å². The molecule has 148 valence electrons. The van der Waals surface area contributed by atoms with E-state index in [1.165, 1.54) is 5.57 Å². The standard InChI is InChI=1S/C23H22ClN3O2/c24-20-7-4-18(5-8-20)17-2-1-12-27(13-11-17)22(29)10-3-16-14-19-6-9-21(28)26-23(19)25-15-16/h3-5,7-8,10-11,14-15H,1-2,6,9,12-13H2,(H,25,26,28)/b10-3+. The van der Waals surface area contributed by atoms with Crippen LogP contribution in [0.2, 0.25) is 5.02 Å². The van der Waals surface area contributed by atoms with E-state index >= 15 is 0 Å². The zero-order valence-electron chi connectivity index (χ0n) is 16.0. The van der Waals surface area contributed by atoms with Gasteiger partial charge in [0.05, 0.1) is 0 Å². The van der Waals surface area contributed by atoms with Gasteiger partial charge in [0.25, 0.3) is 0 Å². The maximum Gasteiger partial charge on any atom is 0.246 e. The van der Waals surface area contributed by atoms with E-state index in [4.69, 9.17) is 11.6 Å². The molecule has 1 aromatic heterocycles. The minimum Gasteiger partial charge on any atom is -0.335 e. The molecule has 4 rings (SSSR count). The Kier molecular flexibility index (Phi) is 5.76. The molecule has 0 saturated carbocycles. The quantitative estimate of drug-likeness (QED) is 0.770. The number of rotatable bonds is 3. The summed E-state index contributed by atoms with van der Waals surface area (Å²) in [6.07, 6.45) is 10.2. The lowest BCUT2D eigenvalue weighted by Crippen LogP contribution is -2.29. The number of hydrogen-bond donors (Lipinski definition) is 1. The van der Waals surface area contributed by atoms with Crippen molar-refractivity contribution in [2.45, 2.75) is 25.7 Å². The number of amides is 2. The highest BCUT2D eigenvalue weighted by Crippen LogP contribution is 2.25. The SMILES string of the molecule is O=C1CCc2cc(/C=C/C(=O)N3CC=C(c4ccc(Cl)cc4)CCC3)cnc2N1. The molecule has 5 nitrogen and oxygen atoms in total. The Morgan fingerprint density at radius 1 is 1.17 bits per heavy atom. The summed E-state index contributed by atoms with van der Waals surface area (Å²) in [6, 6.07) is 9.82. The third-order valence-electron chi connectivity index (χ3n) is 5.24. The highest BCUT2D eigenvalue weighted by atomic mass is 35.5. The first-order chi connectivity index (χ1) is 14.1. The number of fused-ring (bicyclic) bond motifs is 1. The fourth-order valence-electron chi connectivity index (χ4n) is 3.64. The van der Waals surface area contributed by atoms with Gasteiger partial charge in [0.2, 0.25) is 11.8 Å². The van der Waals surface area contributed by atoms with Crippen molar-refractivity contribution in [2.75, 3.05) is 18.4 Å². The third-order valence-corrected chi connectivity index (χ3v) is 5.50. The number of carbonyl (C=O) groups excluding carboxylic acids is 2. The smallest absolute Gasteiger partial charge is 0.246 e. The van der Waals surface area contributed by atoms with Crippen LogP contribution in [-0.4, -0.2) is 34.8 Å². The Balaban J connectivity index is 1.42. The average molecular weight is 408 g/mol. The van der Waals surface area contributed by atoms with Crippen molar-refractivity contribution in [3.05, 3.63) is 70.4 Å². The average Bonchev–Trinajstić information content (AvgIpc) is 2.99. The maximum absolute atomic E-state index is 12.7. The van der Waals surface area contributed by atoms with Gasteiger partial charge in [-0.1, -0.05) is 29.8 Å².